The number of hydrogen-bond acceptors (Lipinski definition) is 7. The van der Waals surface area contributed by atoms with Crippen LogP contribution in [0.4, 0.5) is 5.69 Å². The van der Waals surface area contributed by atoms with Crippen LogP contribution in [0.3, 0.4) is 0 Å². The molecule has 0 aliphatic heterocycles. The largest absolute Gasteiger partial charge is 0.493 e. The Bertz CT molecular complexity index is 720. The number of methoxy groups -OCH3 is 2. The summed E-state index contributed by atoms with van der Waals surface area (Å²) in [7, 11) is 2.67. The minimum Gasteiger partial charge on any atom is -0.493 e. The lowest BCUT2D eigenvalue weighted by Gasteiger charge is -2.29. The van der Waals surface area contributed by atoms with E-state index >= 15 is 0 Å². The predicted octanol–water partition coefficient (Wildman–Crippen LogP) is 2.46. The number of nitrogens with zero attached hydrogens (tertiary/aromatic N) is 1. The minimum atomic E-state index is -0.977. The maximum absolute atomic E-state index is 12.3. The van der Waals surface area contributed by atoms with Gasteiger partial charge in [0.15, 0.2) is 18.1 Å². The van der Waals surface area contributed by atoms with Gasteiger partial charge in [-0.2, -0.15) is 0 Å². The second kappa shape index (κ2) is 9.20. The maximum Gasteiger partial charge on any atom is 0.345 e. The molecule has 0 radical (unpaired) electrons. The number of nitro benzene ring substituents is 1. The van der Waals surface area contributed by atoms with Gasteiger partial charge in [0.1, 0.15) is 5.56 Å². The van der Waals surface area contributed by atoms with E-state index in [9.17, 15) is 19.7 Å². The molecule has 1 aromatic rings. The fourth-order valence-corrected chi connectivity index (χ4v) is 3.17. The van der Waals surface area contributed by atoms with Crippen LogP contribution in [0.2, 0.25) is 0 Å². The third kappa shape index (κ3) is 5.08. The second-order valence-electron chi connectivity index (χ2n) is 6.49. The van der Waals surface area contributed by atoms with Gasteiger partial charge in [-0.1, -0.05) is 19.8 Å². The van der Waals surface area contributed by atoms with Crippen LogP contribution in [0.5, 0.6) is 11.5 Å². The van der Waals surface area contributed by atoms with Crippen LogP contribution in [-0.2, 0) is 9.53 Å². The Balaban J connectivity index is 2.06. The lowest BCUT2D eigenvalue weighted by Crippen LogP contribution is -2.42. The molecule has 9 nitrogen and oxygen atoms in total. The number of amides is 1. The smallest absolute Gasteiger partial charge is 0.345 e. The highest BCUT2D eigenvalue weighted by Crippen LogP contribution is 2.34. The molecule has 27 heavy (non-hydrogen) atoms. The fraction of sp³-hybridized carbons (Fsp3) is 0.556. The Morgan fingerprint density at radius 2 is 1.81 bits per heavy atom. The van der Waals surface area contributed by atoms with Crippen LogP contribution in [0.1, 0.15) is 43.0 Å². The van der Waals surface area contributed by atoms with Gasteiger partial charge in [-0.25, -0.2) is 4.79 Å². The number of hydrogen-bond donors (Lipinski definition) is 1. The van der Waals surface area contributed by atoms with Gasteiger partial charge in [-0.05, 0) is 18.8 Å². The van der Waals surface area contributed by atoms with Crippen molar-refractivity contribution in [3.8, 4) is 11.5 Å². The number of nitro groups is 1. The van der Waals surface area contributed by atoms with Crippen LogP contribution >= 0.6 is 0 Å². The number of carbonyl (C=O) groups excluding carboxylic acids is 2. The molecule has 1 aliphatic carbocycles. The van der Waals surface area contributed by atoms with E-state index in [1.165, 1.54) is 20.3 Å². The lowest BCUT2D eigenvalue weighted by molar-refractivity contribution is -0.385. The summed E-state index contributed by atoms with van der Waals surface area (Å²) in [5, 5.41) is 14.1. The molecule has 1 amide bonds. The van der Waals surface area contributed by atoms with E-state index in [0.717, 1.165) is 31.7 Å². The Kier molecular flexibility index (Phi) is 6.98. The molecule has 148 valence electrons. The topological polar surface area (TPSA) is 117 Å². The molecule has 2 atom stereocenters. The molecule has 0 unspecified atom stereocenters. The van der Waals surface area contributed by atoms with E-state index in [1.54, 1.807) is 0 Å². The predicted molar refractivity (Wildman–Crippen MR) is 96.0 cm³/mol. The summed E-state index contributed by atoms with van der Waals surface area (Å²) in [5.41, 5.74) is -0.796. The Morgan fingerprint density at radius 3 is 2.41 bits per heavy atom. The third-order valence-corrected chi connectivity index (χ3v) is 4.71. The van der Waals surface area contributed by atoms with Crippen molar-refractivity contribution in [2.75, 3.05) is 20.8 Å². The summed E-state index contributed by atoms with van der Waals surface area (Å²) in [6, 6.07) is 2.31. The molecule has 0 aromatic heterocycles. The first-order valence-electron chi connectivity index (χ1n) is 8.74. The number of nitrogens with one attached hydrogen (secondary N) is 1. The van der Waals surface area contributed by atoms with Crippen molar-refractivity contribution in [3.63, 3.8) is 0 Å². The average Bonchev–Trinajstić information content (AvgIpc) is 2.66. The monoisotopic (exact) mass is 380 g/mol. The van der Waals surface area contributed by atoms with Gasteiger partial charge in [-0.3, -0.25) is 14.9 Å². The Hall–Kier alpha value is -2.84. The SMILES string of the molecule is COc1cc(C(=O)OCC(=O)N[C@H]2CCCC[C@@H]2C)c([N+](=O)[O-])cc1OC. The fourth-order valence-electron chi connectivity index (χ4n) is 3.17. The van der Waals surface area contributed by atoms with E-state index in [0.29, 0.717) is 5.92 Å². The standard InChI is InChI=1S/C18H24N2O7/c1-11-6-4-5-7-13(11)19-17(21)10-27-18(22)12-8-15(25-2)16(26-3)9-14(12)20(23)24/h8-9,11,13H,4-7,10H2,1-3H3,(H,19,21)/t11-,13-/m0/s1. The zero-order valence-corrected chi connectivity index (χ0v) is 15.6. The van der Waals surface area contributed by atoms with Gasteiger partial charge >= 0.3 is 5.97 Å². The maximum atomic E-state index is 12.3. The van der Waals surface area contributed by atoms with Crippen molar-refractivity contribution in [1.29, 1.82) is 0 Å². The van der Waals surface area contributed by atoms with E-state index in [-0.39, 0.29) is 23.1 Å². The van der Waals surface area contributed by atoms with Crippen molar-refractivity contribution in [2.45, 2.75) is 38.6 Å². The highest BCUT2D eigenvalue weighted by Gasteiger charge is 2.27. The highest BCUT2D eigenvalue weighted by atomic mass is 16.6. The van der Waals surface area contributed by atoms with Gasteiger partial charge < -0.3 is 19.5 Å². The van der Waals surface area contributed by atoms with Crippen LogP contribution in [0, 0.1) is 16.0 Å². The molecule has 0 bridgehead atoms. The Labute approximate surface area is 157 Å². The number of ether oxygens (including phenoxy) is 3. The summed E-state index contributed by atoms with van der Waals surface area (Å²) in [6.45, 7) is 1.57. The lowest BCUT2D eigenvalue weighted by atomic mass is 9.86. The van der Waals surface area contributed by atoms with Crippen molar-refractivity contribution in [2.24, 2.45) is 5.92 Å². The van der Waals surface area contributed by atoms with Crippen molar-refractivity contribution in [3.05, 3.63) is 27.8 Å². The summed E-state index contributed by atoms with van der Waals surface area (Å²) in [5.74, 6) is -0.773. The second-order valence-corrected chi connectivity index (χ2v) is 6.49. The molecule has 9 heteroatoms. The summed E-state index contributed by atoms with van der Waals surface area (Å²) < 4.78 is 15.1. The van der Waals surface area contributed by atoms with E-state index < -0.39 is 29.1 Å². The first-order chi connectivity index (χ1) is 12.9. The van der Waals surface area contributed by atoms with E-state index in [4.69, 9.17) is 14.2 Å². The highest BCUT2D eigenvalue weighted by molar-refractivity contribution is 5.96. The molecule has 1 fully saturated rings. The average molecular weight is 380 g/mol. The van der Waals surface area contributed by atoms with Gasteiger partial charge in [-0.15, -0.1) is 0 Å². The molecule has 1 aliphatic rings. The molecule has 0 spiro atoms. The number of benzene rings is 1. The van der Waals surface area contributed by atoms with Crippen LogP contribution in [0.25, 0.3) is 0 Å². The molecule has 2 rings (SSSR count). The molecule has 1 N–H and O–H groups in total. The zero-order valence-electron chi connectivity index (χ0n) is 15.6. The zero-order chi connectivity index (χ0) is 20.0. The third-order valence-electron chi connectivity index (χ3n) is 4.71. The van der Waals surface area contributed by atoms with E-state index in [1.807, 2.05) is 0 Å². The number of rotatable bonds is 7. The first kappa shape index (κ1) is 20.5. The van der Waals surface area contributed by atoms with Crippen molar-refractivity contribution >= 4 is 17.6 Å². The summed E-state index contributed by atoms with van der Waals surface area (Å²) in [6.07, 6.45) is 4.13. The van der Waals surface area contributed by atoms with Crippen molar-refractivity contribution in [1.82, 2.24) is 5.32 Å². The van der Waals surface area contributed by atoms with Crippen LogP contribution in [-0.4, -0.2) is 43.7 Å². The molecule has 0 heterocycles. The van der Waals surface area contributed by atoms with Crippen LogP contribution in [0.15, 0.2) is 12.1 Å². The van der Waals surface area contributed by atoms with Gasteiger partial charge in [0, 0.05) is 12.1 Å². The van der Waals surface area contributed by atoms with Crippen molar-refractivity contribution < 1.29 is 28.7 Å². The minimum absolute atomic E-state index is 0.0559. The first-order valence-corrected chi connectivity index (χ1v) is 8.74. The molecule has 1 saturated carbocycles. The molecular weight excluding hydrogens is 356 g/mol. The van der Waals surface area contributed by atoms with Crippen LogP contribution < -0.4 is 14.8 Å². The summed E-state index contributed by atoms with van der Waals surface area (Å²) >= 11 is 0. The Morgan fingerprint density at radius 1 is 1.19 bits per heavy atom. The number of carbonyl (C=O) groups is 2. The van der Waals surface area contributed by atoms with E-state index in [2.05, 4.69) is 12.2 Å². The molecular formula is C18H24N2O7. The molecule has 1 aromatic carbocycles. The normalized spacial score (nSPS) is 19.1. The van der Waals surface area contributed by atoms with Gasteiger partial charge in [0.05, 0.1) is 25.2 Å². The van der Waals surface area contributed by atoms with Gasteiger partial charge in [0.2, 0.25) is 0 Å². The quantitative estimate of drug-likeness (QED) is 0.439. The number of esters is 1. The van der Waals surface area contributed by atoms with Gasteiger partial charge in [0.25, 0.3) is 11.6 Å². The summed E-state index contributed by atoms with van der Waals surface area (Å²) in [4.78, 5) is 34.9. The molecule has 0 saturated heterocycles.